The van der Waals surface area contributed by atoms with E-state index in [4.69, 9.17) is 5.73 Å². The predicted octanol–water partition coefficient (Wildman–Crippen LogP) is 2.75. The summed E-state index contributed by atoms with van der Waals surface area (Å²) < 4.78 is 28.2. The second-order valence-corrected chi connectivity index (χ2v) is 7.23. The Morgan fingerprint density at radius 1 is 1.23 bits per heavy atom. The third kappa shape index (κ3) is 2.93. The van der Waals surface area contributed by atoms with E-state index in [-0.39, 0.29) is 5.56 Å². The average molecular weight is 325 g/mol. The Morgan fingerprint density at radius 2 is 1.86 bits per heavy atom. The first-order chi connectivity index (χ1) is 10.6. The molecular formula is C16H21F2N3S. The molecule has 0 atom stereocenters. The fourth-order valence-corrected chi connectivity index (χ4v) is 4.12. The Bertz CT molecular complexity index is 546. The van der Waals surface area contributed by atoms with Crippen LogP contribution in [-0.2, 0) is 5.41 Å². The lowest BCUT2D eigenvalue weighted by Gasteiger charge is -2.41. The molecule has 2 fully saturated rings. The number of rotatable bonds is 3. The van der Waals surface area contributed by atoms with Gasteiger partial charge in [-0.2, -0.15) is 11.8 Å². The lowest BCUT2D eigenvalue weighted by molar-refractivity contribution is 0.235. The summed E-state index contributed by atoms with van der Waals surface area (Å²) in [6.07, 6.45) is 2.50. The van der Waals surface area contributed by atoms with Crippen molar-refractivity contribution in [3.05, 3.63) is 35.4 Å². The number of halogens is 2. The van der Waals surface area contributed by atoms with Crippen LogP contribution in [0.15, 0.2) is 23.2 Å². The first-order valence-corrected chi connectivity index (χ1v) is 8.85. The van der Waals surface area contributed by atoms with Crippen molar-refractivity contribution < 1.29 is 8.78 Å². The third-order valence-corrected chi connectivity index (χ3v) is 5.63. The highest BCUT2D eigenvalue weighted by atomic mass is 32.2. The number of benzene rings is 1. The molecule has 2 N–H and O–H groups in total. The summed E-state index contributed by atoms with van der Waals surface area (Å²) in [6, 6.07) is 4.06. The zero-order valence-electron chi connectivity index (χ0n) is 12.5. The standard InChI is InChI=1S/C16H21F2N3S/c17-12-3-1-4-13(18)14(12)16(5-2-6-16)11-20-15(19)21-7-9-22-10-8-21/h1,3-4H,2,5-11H2,(H2,19,20). The van der Waals surface area contributed by atoms with E-state index in [9.17, 15) is 8.78 Å². The van der Waals surface area contributed by atoms with Crippen molar-refractivity contribution in [3.63, 3.8) is 0 Å². The van der Waals surface area contributed by atoms with Gasteiger partial charge in [0.15, 0.2) is 5.96 Å². The van der Waals surface area contributed by atoms with Crippen LogP contribution in [0.3, 0.4) is 0 Å². The van der Waals surface area contributed by atoms with Gasteiger partial charge in [-0.3, -0.25) is 4.99 Å². The molecule has 0 amide bonds. The van der Waals surface area contributed by atoms with Gasteiger partial charge < -0.3 is 10.6 Å². The molecule has 1 saturated heterocycles. The quantitative estimate of drug-likeness (QED) is 0.686. The molecule has 0 spiro atoms. The van der Waals surface area contributed by atoms with Crippen molar-refractivity contribution >= 4 is 17.7 Å². The van der Waals surface area contributed by atoms with E-state index in [0.717, 1.165) is 43.9 Å². The smallest absolute Gasteiger partial charge is 0.191 e. The number of nitrogens with two attached hydrogens (primary N) is 1. The molecule has 1 aliphatic heterocycles. The second-order valence-electron chi connectivity index (χ2n) is 6.00. The van der Waals surface area contributed by atoms with Gasteiger partial charge >= 0.3 is 0 Å². The molecule has 1 saturated carbocycles. The fourth-order valence-electron chi connectivity index (χ4n) is 3.22. The summed E-state index contributed by atoms with van der Waals surface area (Å²) in [5.74, 6) is 1.65. The normalized spacial score (nSPS) is 21.5. The highest BCUT2D eigenvalue weighted by Crippen LogP contribution is 2.46. The van der Waals surface area contributed by atoms with Crippen LogP contribution in [0.1, 0.15) is 24.8 Å². The third-order valence-electron chi connectivity index (χ3n) is 4.68. The molecule has 1 aromatic carbocycles. The first kappa shape index (κ1) is 15.6. The minimum Gasteiger partial charge on any atom is -0.370 e. The monoisotopic (exact) mass is 325 g/mol. The highest BCUT2D eigenvalue weighted by molar-refractivity contribution is 7.99. The number of hydrogen-bond donors (Lipinski definition) is 1. The molecule has 2 aliphatic rings. The van der Waals surface area contributed by atoms with Crippen LogP contribution in [0.5, 0.6) is 0 Å². The van der Waals surface area contributed by atoms with Gasteiger partial charge in [-0.15, -0.1) is 0 Å². The van der Waals surface area contributed by atoms with Crippen LogP contribution in [-0.4, -0.2) is 42.0 Å². The molecular weight excluding hydrogens is 304 g/mol. The van der Waals surface area contributed by atoms with Crippen molar-refractivity contribution in [2.45, 2.75) is 24.7 Å². The van der Waals surface area contributed by atoms with Crippen molar-refractivity contribution in [1.29, 1.82) is 0 Å². The number of nitrogens with zero attached hydrogens (tertiary/aromatic N) is 2. The fraction of sp³-hybridized carbons (Fsp3) is 0.562. The van der Waals surface area contributed by atoms with Crippen LogP contribution < -0.4 is 5.73 Å². The molecule has 6 heteroatoms. The summed E-state index contributed by atoms with van der Waals surface area (Å²) in [5, 5.41) is 0. The van der Waals surface area contributed by atoms with Crippen molar-refractivity contribution in [1.82, 2.24) is 4.90 Å². The number of aliphatic imine (C=N–C) groups is 1. The molecule has 1 aromatic rings. The minimum atomic E-state index is -0.523. The maximum Gasteiger partial charge on any atom is 0.191 e. The molecule has 1 heterocycles. The molecule has 0 radical (unpaired) electrons. The zero-order chi connectivity index (χ0) is 15.6. The summed E-state index contributed by atoms with van der Waals surface area (Å²) >= 11 is 1.90. The van der Waals surface area contributed by atoms with Crippen molar-refractivity contribution in [3.8, 4) is 0 Å². The molecule has 1 aliphatic carbocycles. The lowest BCUT2D eigenvalue weighted by Crippen LogP contribution is -2.45. The summed E-state index contributed by atoms with van der Waals surface area (Å²) in [5.41, 5.74) is 5.73. The zero-order valence-corrected chi connectivity index (χ0v) is 13.3. The van der Waals surface area contributed by atoms with Crippen LogP contribution in [0, 0.1) is 11.6 Å². The maximum atomic E-state index is 14.1. The SMILES string of the molecule is NC(=NCC1(c2c(F)cccc2F)CCC1)N1CCSCC1. The Balaban J connectivity index is 1.79. The Kier molecular flexibility index (Phi) is 4.57. The van der Waals surface area contributed by atoms with E-state index in [0.29, 0.717) is 12.5 Å². The molecule has 22 heavy (non-hydrogen) atoms. The van der Waals surface area contributed by atoms with Crippen LogP contribution in [0.2, 0.25) is 0 Å². The van der Waals surface area contributed by atoms with E-state index >= 15 is 0 Å². The van der Waals surface area contributed by atoms with Gasteiger partial charge in [0.05, 0.1) is 6.54 Å². The summed E-state index contributed by atoms with van der Waals surface area (Å²) in [6.45, 7) is 2.14. The molecule has 0 unspecified atom stereocenters. The van der Waals surface area contributed by atoms with E-state index in [1.54, 1.807) is 0 Å². The number of thioether (sulfide) groups is 1. The van der Waals surface area contributed by atoms with Crippen molar-refractivity contribution in [2.75, 3.05) is 31.1 Å². The highest BCUT2D eigenvalue weighted by Gasteiger charge is 2.42. The molecule has 0 bridgehead atoms. The van der Waals surface area contributed by atoms with Crippen LogP contribution >= 0.6 is 11.8 Å². The Morgan fingerprint density at radius 3 is 2.41 bits per heavy atom. The molecule has 3 nitrogen and oxygen atoms in total. The maximum absolute atomic E-state index is 14.1. The summed E-state index contributed by atoms with van der Waals surface area (Å²) in [7, 11) is 0. The van der Waals surface area contributed by atoms with E-state index in [2.05, 4.69) is 9.89 Å². The van der Waals surface area contributed by atoms with Gasteiger partial charge in [-0.05, 0) is 25.0 Å². The predicted molar refractivity (Wildman–Crippen MR) is 87.3 cm³/mol. The van der Waals surface area contributed by atoms with Gasteiger partial charge in [0.25, 0.3) is 0 Å². The van der Waals surface area contributed by atoms with E-state index in [1.807, 2.05) is 11.8 Å². The average Bonchev–Trinajstić information content (AvgIpc) is 2.49. The van der Waals surface area contributed by atoms with Gasteiger partial charge in [0, 0.05) is 35.6 Å². The molecule has 0 aromatic heterocycles. The Labute approximate surface area is 134 Å². The Hall–Kier alpha value is -1.30. The molecule has 120 valence electrons. The topological polar surface area (TPSA) is 41.6 Å². The molecule has 3 rings (SSSR count). The van der Waals surface area contributed by atoms with Crippen LogP contribution in [0.4, 0.5) is 8.78 Å². The summed E-state index contributed by atoms with van der Waals surface area (Å²) in [4.78, 5) is 6.53. The van der Waals surface area contributed by atoms with Gasteiger partial charge in [0.2, 0.25) is 0 Å². The van der Waals surface area contributed by atoms with Crippen molar-refractivity contribution in [2.24, 2.45) is 10.7 Å². The van der Waals surface area contributed by atoms with E-state index < -0.39 is 17.0 Å². The van der Waals surface area contributed by atoms with Gasteiger partial charge in [-0.25, -0.2) is 8.78 Å². The first-order valence-electron chi connectivity index (χ1n) is 7.69. The van der Waals surface area contributed by atoms with Gasteiger partial charge in [-0.1, -0.05) is 12.5 Å². The minimum absolute atomic E-state index is 0.187. The van der Waals surface area contributed by atoms with E-state index in [1.165, 1.54) is 18.2 Å². The number of hydrogen-bond acceptors (Lipinski definition) is 2. The van der Waals surface area contributed by atoms with Gasteiger partial charge in [0.1, 0.15) is 11.6 Å². The van der Waals surface area contributed by atoms with Crippen LogP contribution in [0.25, 0.3) is 0 Å². The largest absolute Gasteiger partial charge is 0.370 e. The number of guanidine groups is 1. The second kappa shape index (κ2) is 6.44. The lowest BCUT2D eigenvalue weighted by atomic mass is 9.64.